The van der Waals surface area contributed by atoms with Gasteiger partial charge in [-0.15, -0.1) is 0 Å². The number of esters is 1. The van der Waals surface area contributed by atoms with Crippen molar-refractivity contribution < 1.29 is 9.53 Å². The summed E-state index contributed by atoms with van der Waals surface area (Å²) in [4.78, 5) is 14.4. The largest absolute Gasteiger partial charge is 0.449 e. The lowest BCUT2D eigenvalue weighted by Crippen LogP contribution is -2.39. The van der Waals surface area contributed by atoms with Gasteiger partial charge in [-0.05, 0) is 38.7 Å². The van der Waals surface area contributed by atoms with E-state index in [4.69, 9.17) is 4.74 Å². The van der Waals surface area contributed by atoms with Gasteiger partial charge in [0.15, 0.2) is 0 Å². The zero-order chi connectivity index (χ0) is 15.3. The van der Waals surface area contributed by atoms with Crippen molar-refractivity contribution in [2.45, 2.75) is 12.5 Å². The van der Waals surface area contributed by atoms with E-state index in [0.717, 1.165) is 5.56 Å². The summed E-state index contributed by atoms with van der Waals surface area (Å²) < 4.78 is 5.84. The molecular formula is C18H21NO2. The summed E-state index contributed by atoms with van der Waals surface area (Å²) in [5.74, 6) is -0.302. The van der Waals surface area contributed by atoms with Crippen LogP contribution in [0.15, 0.2) is 60.7 Å². The minimum atomic E-state index is -0.683. The first-order chi connectivity index (χ1) is 10.0. The molecule has 0 aromatic heterocycles. The smallest absolute Gasteiger partial charge is 0.339 e. The van der Waals surface area contributed by atoms with E-state index in [1.54, 1.807) is 12.1 Å². The molecule has 21 heavy (non-hydrogen) atoms. The van der Waals surface area contributed by atoms with Crippen molar-refractivity contribution in [3.05, 3.63) is 71.8 Å². The molecule has 3 heteroatoms. The van der Waals surface area contributed by atoms with Crippen LogP contribution in [-0.4, -0.2) is 31.5 Å². The quantitative estimate of drug-likeness (QED) is 0.788. The first-order valence-electron chi connectivity index (χ1n) is 7.00. The molecule has 1 unspecified atom stereocenters. The Hall–Kier alpha value is -2.13. The monoisotopic (exact) mass is 283 g/mol. The molecule has 110 valence electrons. The molecule has 0 aliphatic heterocycles. The Labute approximate surface area is 126 Å². The van der Waals surface area contributed by atoms with Crippen LogP contribution in [0.3, 0.4) is 0 Å². The van der Waals surface area contributed by atoms with Crippen LogP contribution in [0.25, 0.3) is 0 Å². The van der Waals surface area contributed by atoms with Gasteiger partial charge in [-0.1, -0.05) is 48.5 Å². The third-order valence-corrected chi connectivity index (χ3v) is 3.33. The zero-order valence-corrected chi connectivity index (χ0v) is 12.7. The van der Waals surface area contributed by atoms with Crippen molar-refractivity contribution in [2.24, 2.45) is 0 Å². The second-order valence-electron chi connectivity index (χ2n) is 5.59. The van der Waals surface area contributed by atoms with Gasteiger partial charge in [0.1, 0.15) is 5.60 Å². The van der Waals surface area contributed by atoms with Crippen LogP contribution in [-0.2, 0) is 10.3 Å². The predicted octanol–water partition coefficient (Wildman–Crippen LogP) is 3.32. The van der Waals surface area contributed by atoms with Crippen molar-refractivity contribution in [2.75, 3.05) is 20.6 Å². The summed E-state index contributed by atoms with van der Waals surface area (Å²) in [6.45, 7) is 2.57. The topological polar surface area (TPSA) is 29.5 Å². The maximum atomic E-state index is 12.4. The third kappa shape index (κ3) is 3.92. The van der Waals surface area contributed by atoms with Gasteiger partial charge < -0.3 is 9.64 Å². The molecule has 3 nitrogen and oxygen atoms in total. The maximum absolute atomic E-state index is 12.4. The molecule has 0 bridgehead atoms. The highest BCUT2D eigenvalue weighted by Crippen LogP contribution is 2.27. The van der Waals surface area contributed by atoms with E-state index in [0.29, 0.717) is 12.1 Å². The SMILES string of the molecule is CN(C)CC(C)(OC(=O)c1ccccc1)c1ccccc1. The van der Waals surface area contributed by atoms with Crippen molar-refractivity contribution >= 4 is 5.97 Å². The molecule has 2 aromatic rings. The van der Waals surface area contributed by atoms with E-state index in [1.807, 2.05) is 74.4 Å². The maximum Gasteiger partial charge on any atom is 0.339 e. The van der Waals surface area contributed by atoms with Gasteiger partial charge in [0.05, 0.1) is 5.56 Å². The Morgan fingerprint density at radius 3 is 2.05 bits per heavy atom. The number of benzene rings is 2. The van der Waals surface area contributed by atoms with Crippen LogP contribution in [0, 0.1) is 0 Å². The molecule has 0 amide bonds. The second kappa shape index (κ2) is 6.55. The molecule has 2 rings (SSSR count). The van der Waals surface area contributed by atoms with Crippen LogP contribution >= 0.6 is 0 Å². The van der Waals surface area contributed by atoms with Crippen LogP contribution in [0.1, 0.15) is 22.8 Å². The van der Waals surface area contributed by atoms with Gasteiger partial charge in [0, 0.05) is 6.54 Å². The standard InChI is InChI=1S/C18H21NO2/c1-18(14-19(2)3,16-12-8-5-9-13-16)21-17(20)15-10-6-4-7-11-15/h4-13H,14H2,1-3H3. The molecule has 0 spiro atoms. The molecule has 0 radical (unpaired) electrons. The first kappa shape index (κ1) is 15.3. The van der Waals surface area contributed by atoms with Crippen molar-refractivity contribution in [1.29, 1.82) is 0 Å². The number of hydrogen-bond donors (Lipinski definition) is 0. The number of ether oxygens (including phenoxy) is 1. The van der Waals surface area contributed by atoms with Gasteiger partial charge in [0.2, 0.25) is 0 Å². The van der Waals surface area contributed by atoms with Gasteiger partial charge in [0.25, 0.3) is 0 Å². The number of likely N-dealkylation sites (N-methyl/N-ethyl adjacent to an activating group) is 1. The lowest BCUT2D eigenvalue weighted by Gasteiger charge is -2.32. The van der Waals surface area contributed by atoms with Crippen LogP contribution in [0.2, 0.25) is 0 Å². The predicted molar refractivity (Wildman–Crippen MR) is 84.2 cm³/mol. The van der Waals surface area contributed by atoms with E-state index in [1.165, 1.54) is 0 Å². The van der Waals surface area contributed by atoms with Gasteiger partial charge >= 0.3 is 5.97 Å². The fraction of sp³-hybridized carbons (Fsp3) is 0.278. The Morgan fingerprint density at radius 2 is 1.52 bits per heavy atom. The van der Waals surface area contributed by atoms with E-state index < -0.39 is 5.60 Å². The summed E-state index contributed by atoms with van der Waals surface area (Å²) >= 11 is 0. The van der Waals surface area contributed by atoms with Gasteiger partial charge in [-0.25, -0.2) is 4.79 Å². The van der Waals surface area contributed by atoms with Crippen molar-refractivity contribution in [1.82, 2.24) is 4.90 Å². The lowest BCUT2D eigenvalue weighted by atomic mass is 9.95. The molecule has 0 aliphatic rings. The fourth-order valence-electron chi connectivity index (χ4n) is 2.41. The Bertz CT molecular complexity index is 581. The van der Waals surface area contributed by atoms with Crippen molar-refractivity contribution in [3.8, 4) is 0 Å². The second-order valence-corrected chi connectivity index (χ2v) is 5.59. The van der Waals surface area contributed by atoms with Crippen LogP contribution in [0.5, 0.6) is 0 Å². The number of carbonyl (C=O) groups is 1. The van der Waals surface area contributed by atoms with Gasteiger partial charge in [-0.3, -0.25) is 0 Å². The van der Waals surface area contributed by atoms with Crippen molar-refractivity contribution in [3.63, 3.8) is 0 Å². The van der Waals surface area contributed by atoms with E-state index in [-0.39, 0.29) is 5.97 Å². The average Bonchev–Trinajstić information content (AvgIpc) is 2.48. The highest BCUT2D eigenvalue weighted by Gasteiger charge is 2.32. The molecule has 0 N–H and O–H groups in total. The fourth-order valence-corrected chi connectivity index (χ4v) is 2.41. The summed E-state index contributed by atoms with van der Waals surface area (Å²) in [5.41, 5.74) is 0.874. The summed E-state index contributed by atoms with van der Waals surface area (Å²) in [5, 5.41) is 0. The Kier molecular flexibility index (Phi) is 4.76. The molecule has 0 saturated heterocycles. The number of rotatable bonds is 5. The average molecular weight is 283 g/mol. The molecular weight excluding hydrogens is 262 g/mol. The van der Waals surface area contributed by atoms with E-state index in [9.17, 15) is 4.79 Å². The summed E-state index contributed by atoms with van der Waals surface area (Å²) in [6, 6.07) is 18.9. The first-order valence-corrected chi connectivity index (χ1v) is 7.00. The molecule has 0 fully saturated rings. The molecule has 0 heterocycles. The minimum absolute atomic E-state index is 0.302. The third-order valence-electron chi connectivity index (χ3n) is 3.33. The summed E-state index contributed by atoms with van der Waals surface area (Å²) in [6.07, 6.45) is 0. The van der Waals surface area contributed by atoms with Crippen LogP contribution in [0.4, 0.5) is 0 Å². The highest BCUT2D eigenvalue weighted by molar-refractivity contribution is 5.89. The Balaban J connectivity index is 2.27. The van der Waals surface area contributed by atoms with E-state index >= 15 is 0 Å². The Morgan fingerprint density at radius 1 is 1.00 bits per heavy atom. The zero-order valence-electron chi connectivity index (χ0n) is 12.7. The molecule has 0 saturated carbocycles. The molecule has 2 aromatic carbocycles. The normalized spacial score (nSPS) is 13.7. The highest BCUT2D eigenvalue weighted by atomic mass is 16.6. The number of nitrogens with zero attached hydrogens (tertiary/aromatic N) is 1. The van der Waals surface area contributed by atoms with E-state index in [2.05, 4.69) is 0 Å². The van der Waals surface area contributed by atoms with Crippen LogP contribution < -0.4 is 0 Å². The number of hydrogen-bond acceptors (Lipinski definition) is 3. The number of carbonyl (C=O) groups excluding carboxylic acids is 1. The molecule has 0 aliphatic carbocycles. The summed E-state index contributed by atoms with van der Waals surface area (Å²) in [7, 11) is 3.94. The van der Waals surface area contributed by atoms with Gasteiger partial charge in [-0.2, -0.15) is 0 Å². The molecule has 1 atom stereocenters. The minimum Gasteiger partial charge on any atom is -0.449 e. The lowest BCUT2D eigenvalue weighted by molar-refractivity contribution is -0.0232.